The van der Waals surface area contributed by atoms with Crippen molar-refractivity contribution in [2.45, 2.75) is 32.7 Å². The smallest absolute Gasteiger partial charge is 0.300 e. The van der Waals surface area contributed by atoms with Gasteiger partial charge in [-0.05, 0) is 66.4 Å². The maximum Gasteiger partial charge on any atom is 0.300 e. The second-order valence-corrected chi connectivity index (χ2v) is 8.90. The van der Waals surface area contributed by atoms with Gasteiger partial charge in [-0.2, -0.15) is 0 Å². The molecule has 0 aliphatic carbocycles. The van der Waals surface area contributed by atoms with Crippen molar-refractivity contribution in [2.75, 3.05) is 12.0 Å². The van der Waals surface area contributed by atoms with Crippen LogP contribution in [0.5, 0.6) is 5.75 Å². The minimum absolute atomic E-state index is 0.0250. The van der Waals surface area contributed by atoms with Crippen LogP contribution in [0.25, 0.3) is 5.76 Å². The number of ketones is 1. The number of nitrogens with zero attached hydrogens (tertiary/aromatic N) is 2. The van der Waals surface area contributed by atoms with Crippen molar-refractivity contribution in [3.63, 3.8) is 0 Å². The van der Waals surface area contributed by atoms with Gasteiger partial charge in [-0.3, -0.25) is 19.5 Å². The van der Waals surface area contributed by atoms with Crippen LogP contribution in [0.3, 0.4) is 0 Å². The molecule has 174 valence electrons. The Labute approximate surface area is 203 Å². The first-order chi connectivity index (χ1) is 16.2. The first kappa shape index (κ1) is 23.5. The number of aryl methyl sites for hydroxylation is 1. The van der Waals surface area contributed by atoms with Gasteiger partial charge < -0.3 is 9.84 Å². The number of carbonyl (C=O) groups excluding carboxylic acids is 2. The number of pyridine rings is 1. The van der Waals surface area contributed by atoms with E-state index in [1.54, 1.807) is 67.9 Å². The van der Waals surface area contributed by atoms with Crippen molar-refractivity contribution in [1.29, 1.82) is 0 Å². The number of methoxy groups -OCH3 is 1. The monoisotopic (exact) mass is 476 g/mol. The van der Waals surface area contributed by atoms with Crippen molar-refractivity contribution >= 4 is 34.7 Å². The molecule has 7 heteroatoms. The number of hydrogen-bond acceptors (Lipinski definition) is 5. The number of amides is 1. The summed E-state index contributed by atoms with van der Waals surface area (Å²) in [5, 5.41) is 11.8. The zero-order valence-corrected chi connectivity index (χ0v) is 20.1. The quantitative estimate of drug-likeness (QED) is 0.286. The van der Waals surface area contributed by atoms with E-state index in [0.29, 0.717) is 27.7 Å². The molecule has 1 N–H and O–H groups in total. The number of carbonyl (C=O) groups is 2. The molecule has 0 radical (unpaired) electrons. The Balaban J connectivity index is 1.97. The number of aliphatic hydroxyl groups is 1. The SMILES string of the molecule is COc1ccc(/C(O)=C2/C(=O)C(=O)N(c3cc(Cl)ccc3C)C2c2ccccn2)cc1C(C)C. The Morgan fingerprint density at radius 1 is 1.12 bits per heavy atom. The standard InChI is InChI=1S/C27H25ClN2O4/c1-15(2)19-13-17(9-11-22(19)34-4)25(31)23-24(20-7-5-6-12-29-20)30(27(33)26(23)32)21-14-18(28)10-8-16(21)3/h5-15,24,31H,1-4H3/b25-23-. The molecule has 34 heavy (non-hydrogen) atoms. The van der Waals surface area contributed by atoms with Gasteiger partial charge in [-0.25, -0.2) is 0 Å². The number of aromatic nitrogens is 1. The maximum atomic E-state index is 13.3. The summed E-state index contributed by atoms with van der Waals surface area (Å²) in [5.74, 6) is -0.996. The zero-order valence-electron chi connectivity index (χ0n) is 19.4. The molecular formula is C27H25ClN2O4. The molecular weight excluding hydrogens is 452 g/mol. The van der Waals surface area contributed by atoms with E-state index < -0.39 is 17.7 Å². The number of ether oxygens (including phenoxy) is 1. The lowest BCUT2D eigenvalue weighted by Crippen LogP contribution is -2.30. The van der Waals surface area contributed by atoms with Crippen LogP contribution in [-0.2, 0) is 9.59 Å². The summed E-state index contributed by atoms with van der Waals surface area (Å²) in [6.45, 7) is 5.85. The van der Waals surface area contributed by atoms with Crippen molar-refractivity contribution < 1.29 is 19.4 Å². The molecule has 1 aliphatic heterocycles. The lowest BCUT2D eigenvalue weighted by Gasteiger charge is -2.26. The minimum atomic E-state index is -0.914. The molecule has 1 fully saturated rings. The van der Waals surface area contributed by atoms with Crippen LogP contribution >= 0.6 is 11.6 Å². The van der Waals surface area contributed by atoms with Gasteiger partial charge >= 0.3 is 0 Å². The predicted molar refractivity (Wildman–Crippen MR) is 132 cm³/mol. The third-order valence-electron chi connectivity index (χ3n) is 5.97. The summed E-state index contributed by atoms with van der Waals surface area (Å²) in [4.78, 5) is 32.4. The van der Waals surface area contributed by atoms with Gasteiger partial charge in [-0.1, -0.05) is 37.6 Å². The second kappa shape index (κ2) is 9.31. The molecule has 1 unspecified atom stereocenters. The van der Waals surface area contributed by atoms with E-state index in [-0.39, 0.29) is 17.3 Å². The minimum Gasteiger partial charge on any atom is -0.507 e. The van der Waals surface area contributed by atoms with E-state index >= 15 is 0 Å². The van der Waals surface area contributed by atoms with E-state index in [4.69, 9.17) is 16.3 Å². The normalized spacial score (nSPS) is 17.5. The molecule has 1 atom stereocenters. The fraction of sp³-hybridized carbons (Fsp3) is 0.222. The van der Waals surface area contributed by atoms with Gasteiger partial charge in [0.05, 0.1) is 18.4 Å². The summed E-state index contributed by atoms with van der Waals surface area (Å²) < 4.78 is 5.45. The molecule has 4 rings (SSSR count). The molecule has 2 heterocycles. The Morgan fingerprint density at radius 3 is 2.53 bits per heavy atom. The van der Waals surface area contributed by atoms with Crippen molar-refractivity contribution in [3.8, 4) is 5.75 Å². The van der Waals surface area contributed by atoms with E-state index in [9.17, 15) is 14.7 Å². The number of hydrogen-bond donors (Lipinski definition) is 1. The van der Waals surface area contributed by atoms with Gasteiger partial charge in [0.2, 0.25) is 0 Å². The molecule has 6 nitrogen and oxygen atoms in total. The molecule has 0 bridgehead atoms. The Morgan fingerprint density at radius 2 is 1.88 bits per heavy atom. The predicted octanol–water partition coefficient (Wildman–Crippen LogP) is 5.80. The van der Waals surface area contributed by atoms with Gasteiger partial charge in [0, 0.05) is 22.5 Å². The Kier molecular flexibility index (Phi) is 6.44. The summed E-state index contributed by atoms with van der Waals surface area (Å²) in [7, 11) is 1.58. The third-order valence-corrected chi connectivity index (χ3v) is 6.20. The number of benzene rings is 2. The van der Waals surface area contributed by atoms with Crippen LogP contribution in [0, 0.1) is 6.92 Å². The highest BCUT2D eigenvalue weighted by Crippen LogP contribution is 2.43. The fourth-order valence-corrected chi connectivity index (χ4v) is 4.40. The lowest BCUT2D eigenvalue weighted by atomic mass is 9.94. The first-order valence-electron chi connectivity index (χ1n) is 10.9. The molecule has 0 spiro atoms. The summed E-state index contributed by atoms with van der Waals surface area (Å²) >= 11 is 6.23. The number of anilines is 1. The highest BCUT2D eigenvalue weighted by Gasteiger charge is 2.48. The van der Waals surface area contributed by atoms with Crippen LogP contribution in [0.4, 0.5) is 5.69 Å². The molecule has 2 aromatic carbocycles. The number of halogens is 1. The lowest BCUT2D eigenvalue weighted by molar-refractivity contribution is -0.132. The number of aliphatic hydroxyl groups excluding tert-OH is 1. The highest BCUT2D eigenvalue weighted by atomic mass is 35.5. The van der Waals surface area contributed by atoms with E-state index in [0.717, 1.165) is 11.1 Å². The zero-order chi connectivity index (χ0) is 24.6. The number of rotatable bonds is 5. The van der Waals surface area contributed by atoms with Crippen molar-refractivity contribution in [2.24, 2.45) is 0 Å². The van der Waals surface area contributed by atoms with E-state index in [2.05, 4.69) is 4.98 Å². The summed E-state index contributed by atoms with van der Waals surface area (Å²) in [6.07, 6.45) is 1.59. The van der Waals surface area contributed by atoms with Crippen LogP contribution in [0.2, 0.25) is 5.02 Å². The highest BCUT2D eigenvalue weighted by molar-refractivity contribution is 6.52. The Hall–Kier alpha value is -3.64. The average molecular weight is 477 g/mol. The van der Waals surface area contributed by atoms with Crippen molar-refractivity contribution in [3.05, 3.63) is 93.8 Å². The van der Waals surface area contributed by atoms with Gasteiger partial charge in [-0.15, -0.1) is 0 Å². The average Bonchev–Trinajstić information content (AvgIpc) is 3.10. The Bertz CT molecular complexity index is 1300. The third kappa shape index (κ3) is 4.05. The van der Waals surface area contributed by atoms with Gasteiger partial charge in [0.25, 0.3) is 11.7 Å². The van der Waals surface area contributed by atoms with E-state index in [1.165, 1.54) is 4.90 Å². The van der Waals surface area contributed by atoms with Crippen LogP contribution < -0.4 is 9.64 Å². The van der Waals surface area contributed by atoms with E-state index in [1.807, 2.05) is 20.8 Å². The molecule has 3 aromatic rings. The van der Waals surface area contributed by atoms with Gasteiger partial charge in [0.1, 0.15) is 17.6 Å². The molecule has 1 saturated heterocycles. The van der Waals surface area contributed by atoms with Gasteiger partial charge in [0.15, 0.2) is 0 Å². The molecule has 1 aromatic heterocycles. The summed E-state index contributed by atoms with van der Waals surface area (Å²) in [5.41, 5.74) is 2.98. The summed E-state index contributed by atoms with van der Waals surface area (Å²) in [6, 6.07) is 14.7. The fourth-order valence-electron chi connectivity index (χ4n) is 4.23. The largest absolute Gasteiger partial charge is 0.507 e. The first-order valence-corrected chi connectivity index (χ1v) is 11.3. The topological polar surface area (TPSA) is 79.7 Å². The van der Waals surface area contributed by atoms with Crippen LogP contribution in [-0.4, -0.2) is 28.9 Å². The molecule has 0 saturated carbocycles. The molecule has 1 amide bonds. The van der Waals surface area contributed by atoms with Crippen LogP contribution in [0.1, 0.15) is 48.2 Å². The maximum absolute atomic E-state index is 13.3. The second-order valence-electron chi connectivity index (χ2n) is 8.47. The molecule has 1 aliphatic rings. The number of Topliss-reactive ketones (excluding diaryl/α,β-unsaturated/α-hetero) is 1. The van der Waals surface area contributed by atoms with Crippen LogP contribution in [0.15, 0.2) is 66.4 Å². The van der Waals surface area contributed by atoms with Crippen molar-refractivity contribution in [1.82, 2.24) is 4.98 Å².